The first kappa shape index (κ1) is 18.1. The molecule has 1 aromatic heterocycles. The molecule has 0 saturated carbocycles. The van der Waals surface area contributed by atoms with Crippen LogP contribution >= 0.6 is 11.6 Å². The largest absolute Gasteiger partial charge is 0.497 e. The summed E-state index contributed by atoms with van der Waals surface area (Å²) >= 11 is 5.84. The van der Waals surface area contributed by atoms with E-state index < -0.39 is 0 Å². The van der Waals surface area contributed by atoms with Gasteiger partial charge in [-0.1, -0.05) is 18.5 Å². The molecule has 0 spiro atoms. The van der Waals surface area contributed by atoms with Gasteiger partial charge in [0.05, 0.1) is 43.9 Å². The highest BCUT2D eigenvalue weighted by Gasteiger charge is 2.19. The minimum Gasteiger partial charge on any atom is -0.497 e. The third-order valence-electron chi connectivity index (χ3n) is 3.77. The van der Waals surface area contributed by atoms with Crippen LogP contribution in [0.25, 0.3) is 0 Å². The quantitative estimate of drug-likeness (QED) is 0.832. The van der Waals surface area contributed by atoms with Crippen molar-refractivity contribution in [2.24, 2.45) is 5.92 Å². The number of hydrogen-bond donors (Lipinski definition) is 1. The van der Waals surface area contributed by atoms with Crippen LogP contribution in [0.5, 0.6) is 11.5 Å². The van der Waals surface area contributed by atoms with Gasteiger partial charge in [-0.3, -0.25) is 9.48 Å². The van der Waals surface area contributed by atoms with Crippen LogP contribution < -0.4 is 14.8 Å². The Morgan fingerprint density at radius 2 is 2.08 bits per heavy atom. The van der Waals surface area contributed by atoms with Crippen molar-refractivity contribution in [3.05, 3.63) is 41.2 Å². The molecule has 0 aliphatic rings. The molecule has 24 heavy (non-hydrogen) atoms. The van der Waals surface area contributed by atoms with Crippen LogP contribution in [-0.2, 0) is 11.3 Å². The Morgan fingerprint density at radius 1 is 1.33 bits per heavy atom. The summed E-state index contributed by atoms with van der Waals surface area (Å²) in [4.78, 5) is 12.4. The number of nitrogens with one attached hydrogen (secondary N) is 1. The van der Waals surface area contributed by atoms with Crippen molar-refractivity contribution in [1.82, 2.24) is 15.1 Å². The molecule has 1 amide bonds. The van der Waals surface area contributed by atoms with Crippen molar-refractivity contribution in [1.29, 1.82) is 0 Å². The Labute approximate surface area is 146 Å². The standard InChI is InChI=1S/C17H22ClN3O3/c1-11(9-21-10-13(18)8-19-21)17(22)20-12(2)15-7-14(23-3)5-6-16(15)24-4/h5-8,10-12H,9H2,1-4H3,(H,20,22). The molecule has 1 heterocycles. The predicted octanol–water partition coefficient (Wildman–Crippen LogP) is 3.07. The number of rotatable bonds is 7. The maximum Gasteiger partial charge on any atom is 0.225 e. The number of amides is 1. The first-order valence-corrected chi connectivity index (χ1v) is 8.02. The fraction of sp³-hybridized carbons (Fsp3) is 0.412. The molecule has 0 saturated heterocycles. The number of carbonyl (C=O) groups is 1. The highest BCUT2D eigenvalue weighted by molar-refractivity contribution is 6.30. The molecule has 0 bridgehead atoms. The number of halogens is 1. The van der Waals surface area contributed by atoms with Gasteiger partial charge in [0, 0.05) is 11.8 Å². The summed E-state index contributed by atoms with van der Waals surface area (Å²) in [7, 11) is 3.20. The van der Waals surface area contributed by atoms with E-state index in [9.17, 15) is 4.79 Å². The molecule has 2 atom stereocenters. The number of nitrogens with zero attached hydrogens (tertiary/aromatic N) is 2. The van der Waals surface area contributed by atoms with Crippen LogP contribution in [0.4, 0.5) is 0 Å². The number of benzene rings is 1. The average molecular weight is 352 g/mol. The highest BCUT2D eigenvalue weighted by atomic mass is 35.5. The predicted molar refractivity (Wildman–Crippen MR) is 92.5 cm³/mol. The monoisotopic (exact) mass is 351 g/mol. The van der Waals surface area contributed by atoms with Gasteiger partial charge in [-0.15, -0.1) is 0 Å². The van der Waals surface area contributed by atoms with E-state index in [0.717, 1.165) is 5.56 Å². The average Bonchev–Trinajstić information content (AvgIpc) is 2.98. The van der Waals surface area contributed by atoms with E-state index in [0.29, 0.717) is 23.1 Å². The SMILES string of the molecule is COc1ccc(OC)c(C(C)NC(=O)C(C)Cn2cc(Cl)cn2)c1. The fourth-order valence-corrected chi connectivity index (χ4v) is 2.57. The molecule has 0 fully saturated rings. The molecule has 0 aliphatic carbocycles. The van der Waals surface area contributed by atoms with Crippen molar-refractivity contribution in [3.63, 3.8) is 0 Å². The van der Waals surface area contributed by atoms with Gasteiger partial charge in [0.25, 0.3) is 0 Å². The second kappa shape index (κ2) is 8.06. The van der Waals surface area contributed by atoms with Crippen molar-refractivity contribution in [2.45, 2.75) is 26.4 Å². The third-order valence-corrected chi connectivity index (χ3v) is 3.97. The summed E-state index contributed by atoms with van der Waals surface area (Å²) in [5, 5.41) is 7.65. The van der Waals surface area contributed by atoms with E-state index in [1.54, 1.807) is 31.3 Å². The van der Waals surface area contributed by atoms with Gasteiger partial charge in [-0.2, -0.15) is 5.10 Å². The lowest BCUT2D eigenvalue weighted by Crippen LogP contribution is -2.33. The number of aromatic nitrogens is 2. The lowest BCUT2D eigenvalue weighted by Gasteiger charge is -2.20. The lowest BCUT2D eigenvalue weighted by molar-refractivity contribution is -0.125. The zero-order valence-electron chi connectivity index (χ0n) is 14.2. The summed E-state index contributed by atoms with van der Waals surface area (Å²) in [5.74, 6) is 1.10. The molecule has 130 valence electrons. The molecule has 2 rings (SSSR count). The number of hydrogen-bond acceptors (Lipinski definition) is 4. The first-order valence-electron chi connectivity index (χ1n) is 7.64. The van der Waals surface area contributed by atoms with Gasteiger partial charge in [0.2, 0.25) is 5.91 Å². The fourth-order valence-electron chi connectivity index (χ4n) is 2.41. The van der Waals surface area contributed by atoms with Crippen molar-refractivity contribution >= 4 is 17.5 Å². The van der Waals surface area contributed by atoms with E-state index in [-0.39, 0.29) is 17.9 Å². The Bertz CT molecular complexity index is 702. The zero-order chi connectivity index (χ0) is 17.7. The van der Waals surface area contributed by atoms with Crippen LogP contribution in [0.15, 0.2) is 30.6 Å². The summed E-state index contributed by atoms with van der Waals surface area (Å²) < 4.78 is 12.3. The molecule has 0 aliphatic heterocycles. The van der Waals surface area contributed by atoms with Gasteiger partial charge in [-0.05, 0) is 25.1 Å². The minimum absolute atomic E-state index is 0.0704. The molecule has 7 heteroatoms. The Hall–Kier alpha value is -2.21. The second-order valence-electron chi connectivity index (χ2n) is 5.62. The third kappa shape index (κ3) is 4.41. The molecule has 2 aromatic rings. The van der Waals surface area contributed by atoms with Crippen molar-refractivity contribution in [3.8, 4) is 11.5 Å². The number of methoxy groups -OCH3 is 2. The second-order valence-corrected chi connectivity index (χ2v) is 6.06. The van der Waals surface area contributed by atoms with Crippen LogP contribution in [0.3, 0.4) is 0 Å². The highest BCUT2D eigenvalue weighted by Crippen LogP contribution is 2.29. The van der Waals surface area contributed by atoms with E-state index >= 15 is 0 Å². The summed E-state index contributed by atoms with van der Waals surface area (Å²) in [6, 6.07) is 5.29. The first-order chi connectivity index (χ1) is 11.4. The van der Waals surface area contributed by atoms with Gasteiger partial charge < -0.3 is 14.8 Å². The molecular formula is C17H22ClN3O3. The molecule has 1 N–H and O–H groups in total. The van der Waals surface area contributed by atoms with Gasteiger partial charge in [0.15, 0.2) is 0 Å². The molecular weight excluding hydrogens is 330 g/mol. The van der Waals surface area contributed by atoms with Crippen LogP contribution in [0, 0.1) is 5.92 Å². The van der Waals surface area contributed by atoms with E-state index in [2.05, 4.69) is 10.4 Å². The van der Waals surface area contributed by atoms with Crippen molar-refractivity contribution < 1.29 is 14.3 Å². The number of carbonyl (C=O) groups excluding carboxylic acids is 1. The van der Waals surface area contributed by atoms with Gasteiger partial charge >= 0.3 is 0 Å². The van der Waals surface area contributed by atoms with Gasteiger partial charge in [-0.25, -0.2) is 0 Å². The molecule has 0 radical (unpaired) electrons. The normalized spacial score (nSPS) is 13.2. The summed E-state index contributed by atoms with van der Waals surface area (Å²) in [5.41, 5.74) is 0.861. The molecule has 2 unspecified atom stereocenters. The smallest absolute Gasteiger partial charge is 0.225 e. The topological polar surface area (TPSA) is 65.4 Å². The van der Waals surface area contributed by atoms with Gasteiger partial charge in [0.1, 0.15) is 11.5 Å². The van der Waals surface area contributed by atoms with Crippen LogP contribution in [0.1, 0.15) is 25.5 Å². The maximum absolute atomic E-state index is 12.4. The summed E-state index contributed by atoms with van der Waals surface area (Å²) in [6.45, 7) is 4.22. The van der Waals surface area contributed by atoms with E-state index in [1.165, 1.54) is 0 Å². The van der Waals surface area contributed by atoms with E-state index in [1.807, 2.05) is 32.0 Å². The maximum atomic E-state index is 12.4. The number of ether oxygens (including phenoxy) is 2. The summed E-state index contributed by atoms with van der Waals surface area (Å²) in [6.07, 6.45) is 3.25. The molecule has 1 aromatic carbocycles. The van der Waals surface area contributed by atoms with E-state index in [4.69, 9.17) is 21.1 Å². The Morgan fingerprint density at radius 3 is 2.67 bits per heavy atom. The lowest BCUT2D eigenvalue weighted by atomic mass is 10.0. The zero-order valence-corrected chi connectivity index (χ0v) is 15.0. The molecule has 6 nitrogen and oxygen atoms in total. The Balaban J connectivity index is 2.05. The van der Waals surface area contributed by atoms with Crippen LogP contribution in [0.2, 0.25) is 5.02 Å². The van der Waals surface area contributed by atoms with Crippen molar-refractivity contribution in [2.75, 3.05) is 14.2 Å². The van der Waals surface area contributed by atoms with Crippen LogP contribution in [-0.4, -0.2) is 29.9 Å². The minimum atomic E-state index is -0.250. The Kier molecular flexibility index (Phi) is 6.09.